The predicted octanol–water partition coefficient (Wildman–Crippen LogP) is 2.65. The van der Waals surface area contributed by atoms with Crippen LogP contribution in [0, 0.1) is 0 Å². The number of hydrogen-bond donors (Lipinski definition) is 2. The van der Waals surface area contributed by atoms with Gasteiger partial charge in [0, 0.05) is 24.9 Å². The van der Waals surface area contributed by atoms with Crippen LogP contribution in [0.2, 0.25) is 0 Å². The van der Waals surface area contributed by atoms with E-state index >= 15 is 0 Å². The fraction of sp³-hybridized carbons (Fsp3) is 0.455. The molecule has 0 bridgehead atoms. The van der Waals surface area contributed by atoms with Gasteiger partial charge in [0.25, 0.3) is 5.91 Å². The van der Waals surface area contributed by atoms with Gasteiger partial charge in [-0.1, -0.05) is 43.2 Å². The van der Waals surface area contributed by atoms with Crippen molar-refractivity contribution in [1.29, 1.82) is 0 Å². The van der Waals surface area contributed by atoms with Crippen LogP contribution in [0.15, 0.2) is 35.7 Å². The van der Waals surface area contributed by atoms with Gasteiger partial charge < -0.3 is 10.6 Å². The summed E-state index contributed by atoms with van der Waals surface area (Å²) in [6, 6.07) is 9.82. The second kappa shape index (κ2) is 8.95. The summed E-state index contributed by atoms with van der Waals surface area (Å²) in [7, 11) is 0. The number of aromatic nitrogens is 1. The van der Waals surface area contributed by atoms with Crippen molar-refractivity contribution in [2.45, 2.75) is 50.5 Å². The van der Waals surface area contributed by atoms with E-state index in [1.807, 2.05) is 23.6 Å². The Morgan fingerprint density at radius 3 is 2.73 bits per heavy atom. The third kappa shape index (κ3) is 4.53. The molecule has 7 nitrogen and oxygen atoms in total. The summed E-state index contributed by atoms with van der Waals surface area (Å²) in [5.74, 6) is -0.208. The summed E-state index contributed by atoms with van der Waals surface area (Å²) in [5.41, 5.74) is 1.30. The molecule has 1 aromatic carbocycles. The molecule has 1 saturated heterocycles. The Morgan fingerprint density at radius 2 is 1.97 bits per heavy atom. The first-order valence-corrected chi connectivity index (χ1v) is 11.3. The molecule has 1 aromatic heterocycles. The summed E-state index contributed by atoms with van der Waals surface area (Å²) < 4.78 is 0. The fourth-order valence-electron chi connectivity index (χ4n) is 4.17. The highest BCUT2D eigenvalue weighted by molar-refractivity contribution is 7.09. The Bertz CT molecular complexity index is 921. The second-order valence-corrected chi connectivity index (χ2v) is 8.89. The van der Waals surface area contributed by atoms with E-state index in [4.69, 9.17) is 0 Å². The monoisotopic (exact) mass is 426 g/mol. The molecule has 1 aliphatic heterocycles. The molecule has 4 amide bonds. The van der Waals surface area contributed by atoms with Gasteiger partial charge in [-0.15, -0.1) is 11.3 Å². The van der Waals surface area contributed by atoms with Gasteiger partial charge in [0.15, 0.2) is 0 Å². The largest absolute Gasteiger partial charge is 0.356 e. The lowest BCUT2D eigenvalue weighted by Crippen LogP contribution is -2.44. The minimum absolute atomic E-state index is 0.101. The van der Waals surface area contributed by atoms with E-state index in [2.05, 4.69) is 27.8 Å². The Balaban J connectivity index is 1.19. The zero-order chi connectivity index (χ0) is 21.0. The molecular formula is C22H26N4O3S. The highest BCUT2D eigenvalue weighted by Crippen LogP contribution is 2.34. The van der Waals surface area contributed by atoms with Crippen LogP contribution in [0.5, 0.6) is 0 Å². The molecule has 2 N–H and O–H groups in total. The molecular weight excluding hydrogens is 400 g/mol. The molecule has 4 rings (SSSR count). The predicted molar refractivity (Wildman–Crippen MR) is 114 cm³/mol. The summed E-state index contributed by atoms with van der Waals surface area (Å²) >= 11 is 1.56. The molecule has 30 heavy (non-hydrogen) atoms. The number of carbonyl (C=O) groups excluding carboxylic acids is 3. The molecule has 0 atom stereocenters. The second-order valence-electron chi connectivity index (χ2n) is 7.95. The molecule has 8 heteroatoms. The molecule has 2 aliphatic rings. The molecule has 0 unspecified atom stereocenters. The first-order valence-electron chi connectivity index (χ1n) is 10.4. The van der Waals surface area contributed by atoms with Crippen LogP contribution in [-0.4, -0.2) is 46.4 Å². The normalized spacial score (nSPS) is 17.5. The molecule has 2 aromatic rings. The number of hydrogen-bond acceptors (Lipinski definition) is 5. The van der Waals surface area contributed by atoms with E-state index in [1.165, 1.54) is 10.5 Å². The zero-order valence-corrected chi connectivity index (χ0v) is 17.7. The molecule has 158 valence electrons. The quantitative estimate of drug-likeness (QED) is 0.501. The standard InChI is InChI=1S/C22H26N4O3S/c27-18(14-17-15-30-19(24-17)13-16-7-2-1-3-8-16)23-11-6-12-26-20(28)22(25-21(26)29)9-4-5-10-22/h1-3,7-8,15H,4-6,9-14H2,(H,23,27)(H,25,29). The number of thiazole rings is 1. The first-order chi connectivity index (χ1) is 14.6. The van der Waals surface area contributed by atoms with Crippen LogP contribution in [0.25, 0.3) is 0 Å². The van der Waals surface area contributed by atoms with E-state index in [9.17, 15) is 14.4 Å². The van der Waals surface area contributed by atoms with Gasteiger partial charge in [0.05, 0.1) is 17.1 Å². The van der Waals surface area contributed by atoms with Gasteiger partial charge in [-0.3, -0.25) is 14.5 Å². The van der Waals surface area contributed by atoms with Crippen molar-refractivity contribution in [2.75, 3.05) is 13.1 Å². The third-order valence-corrected chi connectivity index (χ3v) is 6.62. The highest BCUT2D eigenvalue weighted by atomic mass is 32.1. The Hall–Kier alpha value is -2.74. The van der Waals surface area contributed by atoms with Crippen molar-refractivity contribution < 1.29 is 14.4 Å². The minimum Gasteiger partial charge on any atom is -0.356 e. The lowest BCUT2D eigenvalue weighted by molar-refractivity contribution is -0.131. The molecule has 0 radical (unpaired) electrons. The van der Waals surface area contributed by atoms with E-state index in [0.717, 1.165) is 42.8 Å². The lowest BCUT2D eigenvalue weighted by atomic mass is 9.98. The average Bonchev–Trinajstić information content (AvgIpc) is 3.43. The molecule has 1 aliphatic carbocycles. The van der Waals surface area contributed by atoms with Crippen molar-refractivity contribution in [3.05, 3.63) is 52.0 Å². The minimum atomic E-state index is -0.664. The van der Waals surface area contributed by atoms with Crippen molar-refractivity contribution in [2.24, 2.45) is 0 Å². The van der Waals surface area contributed by atoms with Crippen molar-refractivity contribution in [1.82, 2.24) is 20.5 Å². The topological polar surface area (TPSA) is 91.4 Å². The van der Waals surface area contributed by atoms with Crippen LogP contribution in [0.1, 0.15) is 48.4 Å². The van der Waals surface area contributed by atoms with Crippen LogP contribution in [0.3, 0.4) is 0 Å². The number of amides is 4. The fourth-order valence-corrected chi connectivity index (χ4v) is 5.00. The number of imide groups is 1. The van der Waals surface area contributed by atoms with Crippen LogP contribution < -0.4 is 10.6 Å². The number of carbonyl (C=O) groups is 3. The highest BCUT2D eigenvalue weighted by Gasteiger charge is 2.51. The van der Waals surface area contributed by atoms with Crippen molar-refractivity contribution in [3.63, 3.8) is 0 Å². The summed E-state index contributed by atoms with van der Waals surface area (Å²) in [6.07, 6.45) is 4.93. The van der Waals surface area contributed by atoms with Gasteiger partial charge in [0.1, 0.15) is 5.54 Å². The van der Waals surface area contributed by atoms with Crippen molar-refractivity contribution >= 4 is 29.2 Å². The maximum atomic E-state index is 12.6. The number of nitrogens with one attached hydrogen (secondary N) is 2. The smallest absolute Gasteiger partial charge is 0.325 e. The van der Waals surface area contributed by atoms with Gasteiger partial charge in [0.2, 0.25) is 5.91 Å². The van der Waals surface area contributed by atoms with Crippen molar-refractivity contribution in [3.8, 4) is 0 Å². The number of urea groups is 1. The van der Waals surface area contributed by atoms with Crippen LogP contribution in [0.4, 0.5) is 4.79 Å². The summed E-state index contributed by atoms with van der Waals surface area (Å²) in [5, 5.41) is 8.65. The number of nitrogens with zero attached hydrogens (tertiary/aromatic N) is 2. The number of benzene rings is 1. The van der Waals surface area contributed by atoms with E-state index < -0.39 is 5.54 Å². The average molecular weight is 427 g/mol. The van der Waals surface area contributed by atoms with Gasteiger partial charge in [-0.2, -0.15) is 0 Å². The van der Waals surface area contributed by atoms with E-state index in [0.29, 0.717) is 19.5 Å². The zero-order valence-electron chi connectivity index (χ0n) is 16.9. The summed E-state index contributed by atoms with van der Waals surface area (Å²) in [4.78, 5) is 42.8. The lowest BCUT2D eigenvalue weighted by Gasteiger charge is -2.20. The van der Waals surface area contributed by atoms with Crippen LogP contribution >= 0.6 is 11.3 Å². The first kappa shape index (κ1) is 20.5. The maximum absolute atomic E-state index is 12.6. The molecule has 2 heterocycles. The Kier molecular flexibility index (Phi) is 6.13. The Labute approximate surface area is 179 Å². The van der Waals surface area contributed by atoms with Gasteiger partial charge in [-0.05, 0) is 24.8 Å². The molecule has 2 fully saturated rings. The van der Waals surface area contributed by atoms with Crippen LogP contribution in [-0.2, 0) is 22.4 Å². The third-order valence-electron chi connectivity index (χ3n) is 5.72. The Morgan fingerprint density at radius 1 is 1.20 bits per heavy atom. The van der Waals surface area contributed by atoms with E-state index in [-0.39, 0.29) is 24.3 Å². The van der Waals surface area contributed by atoms with E-state index in [1.54, 1.807) is 11.3 Å². The maximum Gasteiger partial charge on any atom is 0.325 e. The molecule has 1 spiro atoms. The number of rotatable bonds is 8. The molecule has 1 saturated carbocycles. The van der Waals surface area contributed by atoms with Gasteiger partial charge >= 0.3 is 6.03 Å². The van der Waals surface area contributed by atoms with Gasteiger partial charge in [-0.25, -0.2) is 9.78 Å². The summed E-state index contributed by atoms with van der Waals surface area (Å²) in [6.45, 7) is 0.745. The SMILES string of the molecule is O=C(Cc1csc(Cc2ccccc2)n1)NCCCN1C(=O)NC2(CCCC2)C1=O.